The summed E-state index contributed by atoms with van der Waals surface area (Å²) in [6, 6.07) is 7.76. The molecule has 6 amide bonds. The molecule has 3 N–H and O–H groups in total. The summed E-state index contributed by atoms with van der Waals surface area (Å²) >= 11 is 14.2. The number of halogens is 7. The fraction of sp³-hybridized carbons (Fsp3) is 0.258. The van der Waals surface area contributed by atoms with Gasteiger partial charge >= 0.3 is 6.03 Å². The minimum atomic E-state index is -2.82. The number of carbonyl (C=O) groups is 5. The highest BCUT2D eigenvalue weighted by atomic mass is 35.5. The molecule has 0 unspecified atom stereocenters. The van der Waals surface area contributed by atoms with Gasteiger partial charge in [-0.15, -0.1) is 23.2 Å². The number of phenolic OH excluding ortho intramolecular Hbond substituents is 1. The van der Waals surface area contributed by atoms with Crippen molar-refractivity contribution in [2.24, 2.45) is 23.5 Å². The number of benzene rings is 3. The van der Waals surface area contributed by atoms with Crippen LogP contribution >= 0.6 is 23.2 Å². The fourth-order valence-corrected chi connectivity index (χ4v) is 8.61. The highest BCUT2D eigenvalue weighted by molar-refractivity contribution is 6.58. The maximum atomic E-state index is 15.2. The molecule has 6 atom stereocenters. The van der Waals surface area contributed by atoms with Gasteiger partial charge in [0.25, 0.3) is 11.8 Å². The van der Waals surface area contributed by atoms with E-state index in [4.69, 9.17) is 28.9 Å². The lowest BCUT2D eigenvalue weighted by molar-refractivity contribution is -0.136. The average Bonchev–Trinajstić information content (AvgIpc) is 3.38. The van der Waals surface area contributed by atoms with Crippen LogP contribution in [-0.2, 0) is 19.2 Å². The molecule has 47 heavy (non-hydrogen) atoms. The predicted molar refractivity (Wildman–Crippen MR) is 153 cm³/mol. The third-order valence-electron chi connectivity index (χ3n) is 9.68. The Bertz CT molecular complexity index is 2050. The minimum Gasteiger partial charge on any atom is -0.508 e. The van der Waals surface area contributed by atoms with Crippen molar-refractivity contribution < 1.29 is 51.0 Å². The standard InChI is InChI=1S/C31H18Cl2F5N3O6/c32-30-9-14-12(6-7-13-16(14)26(44)41(25(13)43)29(39)47)18(17-11-4-2-1-3-10(11)5-8-15(17)42)31(30,33)28(46)40(27(30)45)24-22(37)20(35)19(34)21(36)23(24)38/h1-6,8,13-14,16,18,42H,7,9H2,(H2,39,47)/t13-,14+,16-,18+,30+,31-/m0/s1. The Morgan fingerprint density at radius 2 is 1.47 bits per heavy atom. The molecule has 2 aliphatic heterocycles. The van der Waals surface area contributed by atoms with E-state index >= 15 is 8.78 Å². The number of phenols is 1. The van der Waals surface area contributed by atoms with E-state index in [2.05, 4.69) is 0 Å². The number of amides is 6. The van der Waals surface area contributed by atoms with E-state index in [-0.39, 0.29) is 32.7 Å². The number of anilines is 1. The molecule has 3 aromatic carbocycles. The number of carbonyl (C=O) groups excluding carboxylic acids is 5. The van der Waals surface area contributed by atoms with E-state index in [9.17, 15) is 42.3 Å². The number of aromatic hydroxyl groups is 1. The molecule has 3 fully saturated rings. The summed E-state index contributed by atoms with van der Waals surface area (Å²) in [5.41, 5.74) is 3.38. The summed E-state index contributed by atoms with van der Waals surface area (Å²) in [5.74, 6) is -23.8. The highest BCUT2D eigenvalue weighted by Gasteiger charge is 2.77. The van der Waals surface area contributed by atoms with Crippen LogP contribution in [0.15, 0.2) is 48.0 Å². The summed E-state index contributed by atoms with van der Waals surface area (Å²) < 4.78 is 73.1. The van der Waals surface area contributed by atoms with E-state index < -0.39 is 110 Å². The number of fused-ring (bicyclic) bond motifs is 5. The number of hydrogen-bond acceptors (Lipinski definition) is 6. The Labute approximate surface area is 270 Å². The second kappa shape index (κ2) is 9.97. The van der Waals surface area contributed by atoms with Gasteiger partial charge in [0, 0.05) is 11.5 Å². The molecule has 9 nitrogen and oxygen atoms in total. The van der Waals surface area contributed by atoms with Gasteiger partial charge in [0.2, 0.25) is 17.6 Å². The molecule has 0 bridgehead atoms. The first kappa shape index (κ1) is 31.1. The number of hydrogen-bond donors (Lipinski definition) is 2. The van der Waals surface area contributed by atoms with Gasteiger partial charge in [-0.3, -0.25) is 19.2 Å². The second-order valence-corrected chi connectivity index (χ2v) is 13.0. The lowest BCUT2D eigenvalue weighted by Gasteiger charge is -2.51. The van der Waals surface area contributed by atoms with Crippen molar-refractivity contribution in [3.05, 3.63) is 82.7 Å². The van der Waals surface area contributed by atoms with Gasteiger partial charge in [-0.2, -0.15) is 4.90 Å². The van der Waals surface area contributed by atoms with Crippen LogP contribution < -0.4 is 10.6 Å². The minimum absolute atomic E-state index is 0.108. The van der Waals surface area contributed by atoms with E-state index in [0.29, 0.717) is 5.39 Å². The zero-order valence-electron chi connectivity index (χ0n) is 23.4. The summed E-state index contributed by atoms with van der Waals surface area (Å²) in [6.07, 6.45) is 0.473. The fourth-order valence-electron chi connectivity index (χ4n) is 7.69. The highest BCUT2D eigenvalue weighted by Crippen LogP contribution is 2.67. The van der Waals surface area contributed by atoms with E-state index in [1.165, 1.54) is 24.3 Å². The molecule has 2 saturated heterocycles. The van der Waals surface area contributed by atoms with Crippen LogP contribution in [0.4, 0.5) is 32.4 Å². The Morgan fingerprint density at radius 1 is 0.851 bits per heavy atom. The van der Waals surface area contributed by atoms with Crippen molar-refractivity contribution in [3.63, 3.8) is 0 Å². The van der Waals surface area contributed by atoms with Crippen LogP contribution in [0.3, 0.4) is 0 Å². The van der Waals surface area contributed by atoms with Crippen molar-refractivity contribution in [1.29, 1.82) is 0 Å². The van der Waals surface area contributed by atoms with Crippen molar-refractivity contribution >= 4 is 69.3 Å². The van der Waals surface area contributed by atoms with Crippen LogP contribution in [0, 0.1) is 46.8 Å². The molecule has 242 valence electrons. The number of imide groups is 4. The largest absolute Gasteiger partial charge is 0.508 e. The van der Waals surface area contributed by atoms with Crippen molar-refractivity contribution in [2.45, 2.75) is 28.5 Å². The Balaban J connectivity index is 1.53. The van der Waals surface area contributed by atoms with Gasteiger partial charge in [0.1, 0.15) is 11.4 Å². The Morgan fingerprint density at radius 3 is 2.11 bits per heavy atom. The molecule has 2 heterocycles. The smallest absolute Gasteiger partial charge is 0.328 e. The van der Waals surface area contributed by atoms with Gasteiger partial charge in [-0.1, -0.05) is 42.0 Å². The molecule has 0 aromatic heterocycles. The summed E-state index contributed by atoms with van der Waals surface area (Å²) in [6.45, 7) is 0. The van der Waals surface area contributed by atoms with Crippen molar-refractivity contribution in [1.82, 2.24) is 4.90 Å². The first-order chi connectivity index (χ1) is 22.1. The maximum Gasteiger partial charge on any atom is 0.328 e. The molecule has 0 radical (unpaired) electrons. The van der Waals surface area contributed by atoms with E-state index in [0.717, 1.165) is 0 Å². The van der Waals surface area contributed by atoms with Gasteiger partial charge in [-0.05, 0) is 35.6 Å². The molecule has 0 spiro atoms. The zero-order chi connectivity index (χ0) is 34.1. The number of alkyl halides is 2. The van der Waals surface area contributed by atoms with Gasteiger partial charge in [0.05, 0.1) is 11.8 Å². The first-order valence-electron chi connectivity index (χ1n) is 14.0. The summed E-state index contributed by atoms with van der Waals surface area (Å²) in [4.78, 5) is 61.6. The molecule has 4 aliphatic rings. The van der Waals surface area contributed by atoms with Gasteiger partial charge in [0.15, 0.2) is 33.0 Å². The van der Waals surface area contributed by atoms with Crippen LogP contribution in [0.5, 0.6) is 5.75 Å². The SMILES string of the molecule is NC(=O)N1C(=O)[C@H]2[C@H](CC=C3[C@H]2C[C@@]2(Cl)C(=O)N(c4c(F)c(F)c(F)c(F)c4F)C(=O)[C@@]2(Cl)[C@H]3c2c(O)ccc3ccccc23)C1=O. The number of nitrogens with two attached hydrogens (primary N) is 1. The quantitative estimate of drug-likeness (QED) is 0.0980. The number of rotatable bonds is 2. The molecule has 3 aromatic rings. The summed E-state index contributed by atoms with van der Waals surface area (Å²) in [7, 11) is 0. The molecule has 1 saturated carbocycles. The number of allylic oxidation sites excluding steroid dienone is 2. The number of urea groups is 1. The van der Waals surface area contributed by atoms with E-state index in [1.54, 1.807) is 18.2 Å². The maximum absolute atomic E-state index is 15.2. The van der Waals surface area contributed by atoms with Crippen LogP contribution in [0.2, 0.25) is 0 Å². The lowest BCUT2D eigenvalue weighted by Crippen LogP contribution is -2.60. The molecule has 7 rings (SSSR count). The topological polar surface area (TPSA) is 138 Å². The van der Waals surface area contributed by atoms with Crippen molar-refractivity contribution in [3.8, 4) is 5.75 Å². The summed E-state index contributed by atoms with van der Waals surface area (Å²) in [5, 5.41) is 12.1. The number of nitrogens with zero attached hydrogens (tertiary/aromatic N) is 2. The zero-order valence-corrected chi connectivity index (χ0v) is 24.9. The van der Waals surface area contributed by atoms with Crippen LogP contribution in [0.25, 0.3) is 10.8 Å². The van der Waals surface area contributed by atoms with Crippen LogP contribution in [-0.4, -0.2) is 49.4 Å². The second-order valence-electron chi connectivity index (χ2n) is 11.8. The van der Waals surface area contributed by atoms with Crippen LogP contribution in [0.1, 0.15) is 24.3 Å². The number of likely N-dealkylation sites (tertiary alicyclic amines) is 1. The van der Waals surface area contributed by atoms with Gasteiger partial charge in [-0.25, -0.2) is 31.6 Å². The lowest BCUT2D eigenvalue weighted by atomic mass is 9.56. The van der Waals surface area contributed by atoms with E-state index in [1.807, 2.05) is 0 Å². The molecular weight excluding hydrogens is 676 g/mol. The average molecular weight is 694 g/mol. The Kier molecular flexibility index (Phi) is 6.59. The van der Waals surface area contributed by atoms with Crippen molar-refractivity contribution in [2.75, 3.05) is 4.90 Å². The monoisotopic (exact) mass is 693 g/mol. The molecule has 2 aliphatic carbocycles. The normalized spacial score (nSPS) is 30.1. The van der Waals surface area contributed by atoms with Gasteiger partial charge < -0.3 is 10.8 Å². The predicted octanol–water partition coefficient (Wildman–Crippen LogP) is 4.88. The first-order valence-corrected chi connectivity index (χ1v) is 14.7. The third kappa shape index (κ3) is 3.67. The number of primary amides is 1. The Hall–Kier alpha value is -4.56. The molecule has 16 heteroatoms. The third-order valence-corrected chi connectivity index (χ3v) is 11.1. The molecular formula is C31H18Cl2F5N3O6.